The van der Waals surface area contributed by atoms with Crippen molar-refractivity contribution >= 4 is 29.5 Å². The molecular formula is C18H13ClN3O4-. The molecule has 8 heteroatoms. The Morgan fingerprint density at radius 3 is 2.73 bits per heavy atom. The lowest BCUT2D eigenvalue weighted by Crippen LogP contribution is -2.17. The van der Waals surface area contributed by atoms with E-state index in [1.165, 1.54) is 23.0 Å². The van der Waals surface area contributed by atoms with Crippen LogP contribution in [0.5, 0.6) is 5.75 Å². The number of nitrogens with zero attached hydrogens (tertiary/aromatic N) is 2. The summed E-state index contributed by atoms with van der Waals surface area (Å²) in [6.45, 7) is 1.72. The highest BCUT2D eigenvalue weighted by molar-refractivity contribution is 6.30. The molecular weight excluding hydrogens is 358 g/mol. The molecule has 0 spiro atoms. The van der Waals surface area contributed by atoms with Crippen LogP contribution in [0.1, 0.15) is 21.6 Å². The first-order valence-corrected chi connectivity index (χ1v) is 7.90. The second-order valence-electron chi connectivity index (χ2n) is 5.51. The zero-order chi connectivity index (χ0) is 18.8. The Kier molecular flexibility index (Phi) is 4.64. The van der Waals surface area contributed by atoms with Crippen molar-refractivity contribution in [2.24, 2.45) is 4.99 Å². The first-order valence-electron chi connectivity index (χ1n) is 7.53. The highest BCUT2D eigenvalue weighted by Gasteiger charge is 2.11. The predicted octanol–water partition coefficient (Wildman–Crippen LogP) is 2.65. The van der Waals surface area contributed by atoms with Crippen molar-refractivity contribution < 1.29 is 15.0 Å². The number of hydrogen-bond donors (Lipinski definition) is 2. The van der Waals surface area contributed by atoms with Gasteiger partial charge in [-0.1, -0.05) is 23.4 Å². The van der Waals surface area contributed by atoms with Crippen molar-refractivity contribution in [2.75, 3.05) is 0 Å². The largest absolute Gasteiger partial charge is 0.872 e. The molecule has 0 aliphatic rings. The SMILES string of the molecule is Cc1[nH]n(-c2cccc(Cl)c2)c(=O)c1C=Nc1ccc(C(=O)O)c([O-])c1. The van der Waals surface area contributed by atoms with Crippen LogP contribution >= 0.6 is 11.6 Å². The standard InChI is InChI=1S/C18H14ClN3O4/c1-10-15(9-20-12-5-6-14(18(25)26)16(23)8-12)17(24)22(21-10)13-4-2-3-11(19)7-13/h2-9,21,23H,1H3,(H,25,26)/p-1. The smallest absolute Gasteiger partial charge is 0.335 e. The first-order chi connectivity index (χ1) is 12.4. The Bertz CT molecular complexity index is 1080. The molecule has 0 saturated heterocycles. The van der Waals surface area contributed by atoms with Gasteiger partial charge in [0.2, 0.25) is 0 Å². The van der Waals surface area contributed by atoms with Crippen molar-refractivity contribution in [3.63, 3.8) is 0 Å². The van der Waals surface area contributed by atoms with Gasteiger partial charge in [-0.3, -0.25) is 14.9 Å². The monoisotopic (exact) mass is 370 g/mol. The molecule has 26 heavy (non-hydrogen) atoms. The highest BCUT2D eigenvalue weighted by atomic mass is 35.5. The van der Waals surface area contributed by atoms with Gasteiger partial charge >= 0.3 is 5.97 Å². The maximum Gasteiger partial charge on any atom is 0.335 e. The number of hydrogen-bond acceptors (Lipinski definition) is 4. The van der Waals surface area contributed by atoms with Crippen LogP contribution in [0.4, 0.5) is 5.69 Å². The molecule has 3 rings (SSSR count). The van der Waals surface area contributed by atoms with Crippen molar-refractivity contribution in [2.45, 2.75) is 6.92 Å². The van der Waals surface area contributed by atoms with Gasteiger partial charge < -0.3 is 10.2 Å². The van der Waals surface area contributed by atoms with E-state index < -0.39 is 11.7 Å². The minimum atomic E-state index is -1.29. The quantitative estimate of drug-likeness (QED) is 0.687. The van der Waals surface area contributed by atoms with Crippen LogP contribution < -0.4 is 10.7 Å². The molecule has 0 aliphatic carbocycles. The minimum absolute atomic E-state index is 0.259. The molecule has 2 aromatic carbocycles. The first kappa shape index (κ1) is 17.5. The second kappa shape index (κ2) is 6.89. The number of rotatable bonds is 4. The Balaban J connectivity index is 1.96. The fraction of sp³-hybridized carbons (Fsp3) is 0.0556. The van der Waals surface area contributed by atoms with E-state index in [-0.39, 0.29) is 16.8 Å². The number of carboxylic acid groups (broad SMARTS) is 1. The van der Waals surface area contributed by atoms with E-state index in [1.54, 1.807) is 31.2 Å². The molecule has 0 atom stereocenters. The van der Waals surface area contributed by atoms with Gasteiger partial charge in [0.25, 0.3) is 5.56 Å². The van der Waals surface area contributed by atoms with Gasteiger partial charge in [-0.05, 0) is 43.3 Å². The number of aromatic amines is 1. The second-order valence-corrected chi connectivity index (χ2v) is 5.95. The van der Waals surface area contributed by atoms with E-state index in [2.05, 4.69) is 10.1 Å². The number of H-pyrrole nitrogens is 1. The van der Waals surface area contributed by atoms with E-state index in [1.807, 2.05) is 0 Å². The number of nitrogens with one attached hydrogen (secondary N) is 1. The van der Waals surface area contributed by atoms with Crippen LogP contribution in [0.15, 0.2) is 52.3 Å². The van der Waals surface area contributed by atoms with Crippen molar-refractivity contribution in [1.29, 1.82) is 0 Å². The van der Waals surface area contributed by atoms with E-state index in [4.69, 9.17) is 16.7 Å². The topological polar surface area (TPSA) is 111 Å². The molecule has 0 unspecified atom stereocenters. The van der Waals surface area contributed by atoms with Gasteiger partial charge in [0.1, 0.15) is 0 Å². The van der Waals surface area contributed by atoms with Gasteiger partial charge in [0.05, 0.1) is 22.5 Å². The summed E-state index contributed by atoms with van der Waals surface area (Å²) in [4.78, 5) is 27.6. The molecule has 2 N–H and O–H groups in total. The molecule has 0 bridgehead atoms. The van der Waals surface area contributed by atoms with E-state index in [0.717, 1.165) is 6.07 Å². The molecule has 0 amide bonds. The lowest BCUT2D eigenvalue weighted by Gasteiger charge is -2.09. The molecule has 7 nitrogen and oxygen atoms in total. The molecule has 0 radical (unpaired) electrons. The van der Waals surface area contributed by atoms with E-state index in [9.17, 15) is 14.7 Å². The molecule has 0 fully saturated rings. The summed E-state index contributed by atoms with van der Waals surface area (Å²) in [6, 6.07) is 10.5. The molecule has 1 heterocycles. The fourth-order valence-corrected chi connectivity index (χ4v) is 2.60. The van der Waals surface area contributed by atoms with Gasteiger partial charge in [-0.15, -0.1) is 0 Å². The summed E-state index contributed by atoms with van der Waals surface area (Å²) in [6.07, 6.45) is 1.34. The third kappa shape index (κ3) is 3.38. The zero-order valence-electron chi connectivity index (χ0n) is 13.6. The summed E-state index contributed by atoms with van der Waals surface area (Å²) in [5.41, 5.74) is 1.10. The number of carboxylic acids is 1. The Hall–Kier alpha value is -3.32. The highest BCUT2D eigenvalue weighted by Crippen LogP contribution is 2.21. The van der Waals surface area contributed by atoms with Crippen LogP contribution in [0, 0.1) is 6.92 Å². The van der Waals surface area contributed by atoms with Crippen molar-refractivity contribution in [3.8, 4) is 11.4 Å². The molecule has 3 aromatic rings. The Morgan fingerprint density at radius 2 is 2.08 bits per heavy atom. The molecule has 1 aromatic heterocycles. The normalized spacial score (nSPS) is 11.2. The maximum absolute atomic E-state index is 12.6. The summed E-state index contributed by atoms with van der Waals surface area (Å²) in [7, 11) is 0. The number of halogens is 1. The zero-order valence-corrected chi connectivity index (χ0v) is 14.3. The van der Waals surface area contributed by atoms with Gasteiger partial charge in [-0.2, -0.15) is 0 Å². The Morgan fingerprint density at radius 1 is 1.31 bits per heavy atom. The van der Waals surface area contributed by atoms with Crippen molar-refractivity contribution in [1.82, 2.24) is 9.78 Å². The summed E-state index contributed by atoms with van der Waals surface area (Å²) < 4.78 is 1.34. The van der Waals surface area contributed by atoms with Gasteiger partial charge in [0, 0.05) is 16.9 Å². The molecule has 0 saturated carbocycles. The van der Waals surface area contributed by atoms with Crippen LogP contribution in [0.3, 0.4) is 0 Å². The minimum Gasteiger partial charge on any atom is -0.872 e. The van der Waals surface area contributed by atoms with Gasteiger partial charge in [0.15, 0.2) is 0 Å². The number of carbonyl (C=O) groups is 1. The lowest BCUT2D eigenvalue weighted by atomic mass is 10.2. The number of aliphatic imine (C=N–C) groups is 1. The van der Waals surface area contributed by atoms with Crippen molar-refractivity contribution in [3.05, 3.63) is 74.7 Å². The number of aryl methyl sites for hydroxylation is 1. The Labute approximate surface area is 152 Å². The molecule has 132 valence electrons. The van der Waals surface area contributed by atoms with E-state index >= 15 is 0 Å². The number of benzene rings is 2. The van der Waals surface area contributed by atoms with Crippen LogP contribution in [0.2, 0.25) is 5.02 Å². The van der Waals surface area contributed by atoms with Crippen LogP contribution in [-0.2, 0) is 0 Å². The maximum atomic E-state index is 12.6. The number of aromatic nitrogens is 2. The summed E-state index contributed by atoms with van der Waals surface area (Å²) in [5.74, 6) is -1.94. The fourth-order valence-electron chi connectivity index (χ4n) is 2.42. The van der Waals surface area contributed by atoms with Crippen LogP contribution in [-0.4, -0.2) is 27.1 Å². The lowest BCUT2D eigenvalue weighted by molar-refractivity contribution is -0.268. The molecule has 0 aliphatic heterocycles. The third-order valence-electron chi connectivity index (χ3n) is 3.72. The summed E-state index contributed by atoms with van der Waals surface area (Å²) in [5, 5.41) is 24.0. The van der Waals surface area contributed by atoms with Crippen LogP contribution in [0.25, 0.3) is 5.69 Å². The summed E-state index contributed by atoms with van der Waals surface area (Å²) >= 11 is 5.96. The predicted molar refractivity (Wildman–Crippen MR) is 96.2 cm³/mol. The number of aromatic carboxylic acids is 1. The third-order valence-corrected chi connectivity index (χ3v) is 3.96. The average molecular weight is 371 g/mol. The van der Waals surface area contributed by atoms with Gasteiger partial charge in [-0.25, -0.2) is 9.48 Å². The average Bonchev–Trinajstić information content (AvgIpc) is 2.87. The van der Waals surface area contributed by atoms with E-state index in [0.29, 0.717) is 22.0 Å².